The van der Waals surface area contributed by atoms with Crippen molar-refractivity contribution in [1.29, 1.82) is 0 Å². The first-order chi connectivity index (χ1) is 63.7. The van der Waals surface area contributed by atoms with E-state index in [-0.39, 0.29) is 198 Å². The summed E-state index contributed by atoms with van der Waals surface area (Å²) in [6, 6.07) is 23.4. The Balaban J connectivity index is 0.579. The van der Waals surface area contributed by atoms with Crippen LogP contribution in [0.15, 0.2) is 104 Å². The number of aromatic nitrogens is 12. The number of ether oxygens (including phenoxy) is 18. The molecule has 0 spiro atoms. The van der Waals surface area contributed by atoms with E-state index in [0.29, 0.717) is 189 Å². The van der Waals surface area contributed by atoms with Crippen LogP contribution in [0.5, 0.6) is 17.6 Å². The monoisotopic (exact) mass is 1810 g/mol. The summed E-state index contributed by atoms with van der Waals surface area (Å²) >= 11 is 0. The molecule has 0 atom stereocenters. The number of H-pyrrole nitrogens is 3. The maximum atomic E-state index is 13.9. The van der Waals surface area contributed by atoms with Crippen LogP contribution in [0.25, 0.3) is 33.5 Å². The number of benzene rings is 3. The minimum Gasteiger partial charge on any atom is -0.471 e. The number of fused-ring (bicyclic) bond motifs is 3. The zero-order valence-electron chi connectivity index (χ0n) is 72.9. The summed E-state index contributed by atoms with van der Waals surface area (Å²) < 4.78 is 104. The second-order valence-corrected chi connectivity index (χ2v) is 29.2. The van der Waals surface area contributed by atoms with Gasteiger partial charge in [-0.2, -0.15) is 29.9 Å². The molecule has 3 aromatic carbocycles. The topological polar surface area (TPSA) is 561 Å². The van der Waals surface area contributed by atoms with Gasteiger partial charge in [0.15, 0.2) is 33.5 Å². The number of nitrogen functional groups attached to an aromatic ring is 3. The third-order valence-electron chi connectivity index (χ3n) is 19.0. The number of rotatable bonds is 73. The maximum absolute atomic E-state index is 13.9. The molecule has 7 heterocycles. The summed E-state index contributed by atoms with van der Waals surface area (Å²) in [7, 11) is 0. The average molecular weight is 1820 g/mol. The van der Waals surface area contributed by atoms with E-state index < -0.39 is 11.4 Å². The molecule has 0 saturated carbocycles. The number of amides is 6. The van der Waals surface area contributed by atoms with E-state index in [1.165, 1.54) is 31.1 Å². The standard InChI is InChI=1S/C86H118N20O24/c87-83-99-77-74(93-59-96-77)80(102-83)128-53-65-11-5-62(6-12-65)50-122-47-44-119-41-38-116-35-32-113-29-22-90-68(107)19-26-125-56-86(105-71(110)4-2-1-3-25-106-72(111)17-18-73(106)112,57-126-27-20-69(108)91-23-30-114-33-36-117-39-42-120-45-48-123-51-63-7-13-66(14-8-63)54-129-81-75-78(97-60-94-75)100-84(88)103-81)58-127-28-21-70(109)92-24-31-115-34-37-118-40-43-121-46-49-124-52-64-9-15-67(16-10-64)55-130-82-76-79(98-61-95-76)101-85(89)104-82/h5-18,59-61H,1-4,19-58H2,(H,90,107)(H,91,108)(H,92,109)(H,105,110)(H3,87,93,96,99,102)(H3,88,94,97,100,103)(H3,89,95,98,101,104). The molecule has 44 heteroatoms. The van der Waals surface area contributed by atoms with Gasteiger partial charge in [0.2, 0.25) is 59.1 Å². The van der Waals surface area contributed by atoms with Crippen molar-refractivity contribution in [3.8, 4) is 17.6 Å². The fourth-order valence-corrected chi connectivity index (χ4v) is 12.3. The van der Waals surface area contributed by atoms with Crippen molar-refractivity contribution < 1.29 is 114 Å². The molecule has 6 aromatic heterocycles. The van der Waals surface area contributed by atoms with E-state index >= 15 is 0 Å². The maximum Gasteiger partial charge on any atom is 0.253 e. The van der Waals surface area contributed by atoms with Crippen LogP contribution in [0.3, 0.4) is 0 Å². The van der Waals surface area contributed by atoms with E-state index in [9.17, 15) is 28.8 Å². The van der Waals surface area contributed by atoms with Crippen LogP contribution in [0.1, 0.15) is 78.3 Å². The fourth-order valence-electron chi connectivity index (χ4n) is 12.3. The Morgan fingerprint density at radius 1 is 0.315 bits per heavy atom. The first kappa shape index (κ1) is 100. The van der Waals surface area contributed by atoms with Crippen molar-refractivity contribution >= 4 is 86.8 Å². The quantitative estimate of drug-likeness (QED) is 0.0193. The Kier molecular flexibility index (Phi) is 45.4. The summed E-state index contributed by atoms with van der Waals surface area (Å²) in [5, 5.41) is 11.5. The summed E-state index contributed by atoms with van der Waals surface area (Å²) in [6.45, 7) is 9.01. The summed E-state index contributed by atoms with van der Waals surface area (Å²) in [4.78, 5) is 125. The van der Waals surface area contributed by atoms with Gasteiger partial charge in [0.05, 0.1) is 217 Å². The number of aromatic amines is 3. The molecule has 0 bridgehead atoms. The van der Waals surface area contributed by atoms with Gasteiger partial charge in [-0.15, -0.1) is 0 Å². The highest BCUT2D eigenvalue weighted by Gasteiger charge is 2.34. The molecule has 0 radical (unpaired) electrons. The summed E-state index contributed by atoms with van der Waals surface area (Å²) in [5.74, 6) is -0.958. The molecule has 0 fully saturated rings. The van der Waals surface area contributed by atoms with E-state index in [4.69, 9.17) is 102 Å². The number of imidazole rings is 3. The summed E-state index contributed by atoms with van der Waals surface area (Å²) in [6.07, 6.45) is 8.24. The molecule has 0 aliphatic carbocycles. The number of nitrogens with two attached hydrogens (primary N) is 3. The van der Waals surface area contributed by atoms with Gasteiger partial charge in [-0.25, -0.2) is 15.0 Å². The van der Waals surface area contributed by atoms with Gasteiger partial charge in [0.1, 0.15) is 25.4 Å². The van der Waals surface area contributed by atoms with Crippen molar-refractivity contribution in [2.24, 2.45) is 0 Å². The van der Waals surface area contributed by atoms with Crippen molar-refractivity contribution in [3.63, 3.8) is 0 Å². The summed E-state index contributed by atoms with van der Waals surface area (Å²) in [5.41, 5.74) is 24.8. The highest BCUT2D eigenvalue weighted by Crippen LogP contribution is 2.25. The number of unbranched alkanes of at least 4 members (excludes halogenated alkanes) is 2. The number of imide groups is 1. The number of anilines is 3. The number of nitrogens with one attached hydrogen (secondary N) is 7. The van der Waals surface area contributed by atoms with Crippen molar-refractivity contribution in [1.82, 2.24) is 86.0 Å². The Bertz CT molecular complexity index is 4400. The van der Waals surface area contributed by atoms with Crippen molar-refractivity contribution in [2.75, 3.05) is 222 Å². The molecule has 6 amide bonds. The van der Waals surface area contributed by atoms with Crippen LogP contribution in [-0.4, -0.2) is 310 Å². The number of nitrogens with zero attached hydrogens (tertiary/aromatic N) is 10. The highest BCUT2D eigenvalue weighted by molar-refractivity contribution is 6.12. The van der Waals surface area contributed by atoms with Gasteiger partial charge in [-0.05, 0) is 46.2 Å². The van der Waals surface area contributed by atoms with Crippen LogP contribution in [0, 0.1) is 0 Å². The van der Waals surface area contributed by atoms with Crippen molar-refractivity contribution in [3.05, 3.63) is 137 Å². The second kappa shape index (κ2) is 58.7. The first-order valence-electron chi connectivity index (χ1n) is 43.0. The van der Waals surface area contributed by atoms with Gasteiger partial charge < -0.3 is 139 Å². The number of carbonyl (C=O) groups is 6. The number of hydrogen-bond donors (Lipinski definition) is 10. The van der Waals surface area contributed by atoms with Crippen LogP contribution in [0.2, 0.25) is 0 Å². The molecule has 44 nitrogen and oxygen atoms in total. The predicted octanol–water partition coefficient (Wildman–Crippen LogP) is 3.18. The van der Waals surface area contributed by atoms with Gasteiger partial charge >= 0.3 is 0 Å². The third kappa shape index (κ3) is 38.5. The van der Waals surface area contributed by atoms with Crippen LogP contribution in [0.4, 0.5) is 17.8 Å². The van der Waals surface area contributed by atoms with Crippen LogP contribution in [-0.2, 0) is 139 Å². The minimum absolute atomic E-state index is 0.0435. The van der Waals surface area contributed by atoms with E-state index in [0.717, 1.165) is 38.3 Å². The predicted molar refractivity (Wildman–Crippen MR) is 467 cm³/mol. The molecule has 0 unspecified atom stereocenters. The lowest BCUT2D eigenvalue weighted by molar-refractivity contribution is -0.137. The lowest BCUT2D eigenvalue weighted by Gasteiger charge is -2.34. The molecule has 9 aromatic rings. The van der Waals surface area contributed by atoms with Crippen molar-refractivity contribution in [2.45, 2.75) is 90.1 Å². The molecule has 130 heavy (non-hydrogen) atoms. The zero-order chi connectivity index (χ0) is 91.1. The average Bonchev–Trinajstić information content (AvgIpc) is 1.68. The Labute approximate surface area is 750 Å². The number of hydrogen-bond acceptors (Lipinski definition) is 36. The zero-order valence-corrected chi connectivity index (χ0v) is 72.9. The Morgan fingerprint density at radius 3 is 0.892 bits per heavy atom. The smallest absolute Gasteiger partial charge is 0.253 e. The molecular weight excluding hydrogens is 1700 g/mol. The highest BCUT2D eigenvalue weighted by atomic mass is 16.6. The molecule has 1 aliphatic rings. The molecule has 1 aliphatic heterocycles. The van der Waals surface area contributed by atoms with E-state index in [2.05, 4.69) is 81.1 Å². The molecule has 10 rings (SSSR count). The molecule has 13 N–H and O–H groups in total. The van der Waals surface area contributed by atoms with Gasteiger partial charge in [0, 0.05) is 64.0 Å². The van der Waals surface area contributed by atoms with Gasteiger partial charge in [-0.1, -0.05) is 79.2 Å². The minimum atomic E-state index is -1.39. The molecular formula is C86H118N20O24. The Hall–Kier alpha value is -11.7. The number of carbonyl (C=O) groups excluding carboxylic acids is 6. The SMILES string of the molecule is Nc1nc(OCc2ccc(COCCOCCOCCOCCNC(=O)CCOCC(COCCC(=O)NCCOCCOCCOCCOCc3ccc(COc4nc(N)nc5[nH]cnc45)cc3)(COCCC(=O)NCCOCCOCCOCCOCc3ccc(COc4nc(N)nc5[nH]cnc45)cc3)NC(=O)CCCCCN3C(=O)C=CC3=O)cc2)c2nc[nH]c2n1. The van der Waals surface area contributed by atoms with Crippen LogP contribution < -0.4 is 52.7 Å². The second-order valence-electron chi connectivity index (χ2n) is 29.2. The first-order valence-corrected chi connectivity index (χ1v) is 43.0. The largest absolute Gasteiger partial charge is 0.471 e. The lowest BCUT2D eigenvalue weighted by atomic mass is 10.0. The van der Waals surface area contributed by atoms with E-state index in [1.54, 1.807) is 0 Å². The third-order valence-corrected chi connectivity index (χ3v) is 19.0. The normalized spacial score (nSPS) is 12.2. The Morgan fingerprint density at radius 2 is 0.592 bits per heavy atom. The van der Waals surface area contributed by atoms with Gasteiger partial charge in [0.25, 0.3) is 11.8 Å². The molecule has 706 valence electrons. The van der Waals surface area contributed by atoms with Gasteiger partial charge in [-0.3, -0.25) is 33.7 Å². The molecule has 0 saturated heterocycles. The fraction of sp³-hybridized carbons (Fsp3) is 0.523. The lowest BCUT2D eigenvalue weighted by Crippen LogP contribution is -2.58. The van der Waals surface area contributed by atoms with Crippen LogP contribution >= 0.6 is 0 Å². The van der Waals surface area contributed by atoms with E-state index in [1.807, 2.05) is 72.8 Å².